The van der Waals surface area contributed by atoms with E-state index in [1.807, 2.05) is 0 Å². The summed E-state index contributed by atoms with van der Waals surface area (Å²) in [6.07, 6.45) is 4.14. The Morgan fingerprint density at radius 2 is 1.80 bits per heavy atom. The average molecular weight is 289 g/mol. The molecule has 2 unspecified atom stereocenters. The van der Waals surface area contributed by atoms with Gasteiger partial charge in [-0.05, 0) is 38.6 Å². The van der Waals surface area contributed by atoms with Crippen LogP contribution in [-0.4, -0.2) is 50.2 Å². The molecule has 20 heavy (non-hydrogen) atoms. The maximum absolute atomic E-state index is 9.79. The van der Waals surface area contributed by atoms with Crippen molar-refractivity contribution >= 4 is 0 Å². The molecule has 2 atom stereocenters. The highest BCUT2D eigenvalue weighted by Gasteiger charge is 2.09. The topological polar surface area (TPSA) is 50.7 Å². The smallest absolute Gasteiger partial charge is 0.0897 e. The van der Waals surface area contributed by atoms with Gasteiger partial charge in [0.1, 0.15) is 0 Å². The van der Waals surface area contributed by atoms with Crippen molar-refractivity contribution in [3.8, 4) is 0 Å². The molecule has 0 spiro atoms. The fourth-order valence-electron chi connectivity index (χ4n) is 1.98. The molecular weight excluding hydrogens is 254 g/mol. The minimum Gasteiger partial charge on any atom is -0.389 e. The van der Waals surface area contributed by atoms with Gasteiger partial charge in [-0.1, -0.05) is 27.2 Å². The maximum atomic E-state index is 9.79. The average Bonchev–Trinajstić information content (AvgIpc) is 2.38. The van der Waals surface area contributed by atoms with Crippen LogP contribution in [0.1, 0.15) is 53.4 Å². The number of hydrogen-bond acceptors (Lipinski definition) is 4. The number of rotatable bonds is 14. The van der Waals surface area contributed by atoms with E-state index in [4.69, 9.17) is 9.47 Å². The summed E-state index contributed by atoms with van der Waals surface area (Å²) >= 11 is 0. The van der Waals surface area contributed by atoms with E-state index in [1.54, 1.807) is 0 Å². The van der Waals surface area contributed by atoms with E-state index < -0.39 is 6.10 Å². The molecule has 0 aliphatic heterocycles. The maximum Gasteiger partial charge on any atom is 0.0897 e. The zero-order valence-electron chi connectivity index (χ0n) is 13.9. The molecule has 0 radical (unpaired) electrons. The summed E-state index contributed by atoms with van der Waals surface area (Å²) < 4.78 is 11.1. The lowest BCUT2D eigenvalue weighted by atomic mass is 10.1. The summed E-state index contributed by atoms with van der Waals surface area (Å²) in [4.78, 5) is 0. The van der Waals surface area contributed by atoms with E-state index in [1.165, 1.54) is 6.42 Å². The van der Waals surface area contributed by atoms with Crippen LogP contribution in [-0.2, 0) is 9.47 Å². The second kappa shape index (κ2) is 13.8. The normalized spacial score (nSPS) is 14.7. The standard InChI is InChI=1S/C16H35NO3/c1-5-6-9-19-10-7-8-17-12-16(18)13-20-15(4)11-14(2)3/h14-18H,5-13H2,1-4H3. The van der Waals surface area contributed by atoms with Gasteiger partial charge in [0.05, 0.1) is 18.8 Å². The molecule has 0 aliphatic carbocycles. The fraction of sp³-hybridized carbons (Fsp3) is 1.00. The van der Waals surface area contributed by atoms with Crippen LogP contribution in [0.3, 0.4) is 0 Å². The molecule has 0 bridgehead atoms. The van der Waals surface area contributed by atoms with Crippen LogP contribution in [0.4, 0.5) is 0 Å². The lowest BCUT2D eigenvalue weighted by Crippen LogP contribution is -2.32. The van der Waals surface area contributed by atoms with Crippen molar-refractivity contribution in [2.45, 2.75) is 65.6 Å². The van der Waals surface area contributed by atoms with E-state index >= 15 is 0 Å². The fourth-order valence-corrected chi connectivity index (χ4v) is 1.98. The van der Waals surface area contributed by atoms with Gasteiger partial charge in [-0.3, -0.25) is 0 Å². The van der Waals surface area contributed by atoms with Crippen LogP contribution in [0.25, 0.3) is 0 Å². The Bertz CT molecular complexity index is 200. The number of aliphatic hydroxyl groups is 1. The second-order valence-corrected chi connectivity index (χ2v) is 5.95. The molecule has 122 valence electrons. The van der Waals surface area contributed by atoms with Gasteiger partial charge in [-0.15, -0.1) is 0 Å². The van der Waals surface area contributed by atoms with E-state index in [-0.39, 0.29) is 6.10 Å². The Hall–Kier alpha value is -0.160. The van der Waals surface area contributed by atoms with Crippen LogP contribution >= 0.6 is 0 Å². The molecule has 0 heterocycles. The van der Waals surface area contributed by atoms with Gasteiger partial charge in [0.15, 0.2) is 0 Å². The van der Waals surface area contributed by atoms with E-state index in [9.17, 15) is 5.11 Å². The third kappa shape index (κ3) is 14.3. The monoisotopic (exact) mass is 289 g/mol. The minimum atomic E-state index is -0.425. The molecule has 0 saturated carbocycles. The first-order chi connectivity index (χ1) is 9.56. The Morgan fingerprint density at radius 1 is 1.10 bits per heavy atom. The van der Waals surface area contributed by atoms with Crippen molar-refractivity contribution in [2.24, 2.45) is 5.92 Å². The largest absolute Gasteiger partial charge is 0.389 e. The van der Waals surface area contributed by atoms with Crippen molar-refractivity contribution in [2.75, 3.05) is 32.9 Å². The molecule has 0 amide bonds. The molecule has 0 saturated heterocycles. The number of unbranched alkanes of at least 4 members (excludes halogenated alkanes) is 1. The highest BCUT2D eigenvalue weighted by Crippen LogP contribution is 2.07. The summed E-state index contributed by atoms with van der Waals surface area (Å²) in [6.45, 7) is 12.1. The lowest BCUT2D eigenvalue weighted by Gasteiger charge is -2.18. The molecule has 0 aliphatic rings. The molecule has 0 rings (SSSR count). The van der Waals surface area contributed by atoms with Gasteiger partial charge < -0.3 is 19.9 Å². The molecular formula is C16H35NO3. The predicted octanol–water partition coefficient (Wildman–Crippen LogP) is 2.59. The van der Waals surface area contributed by atoms with Crippen LogP contribution < -0.4 is 5.32 Å². The SMILES string of the molecule is CCCCOCCCNCC(O)COC(C)CC(C)C. The van der Waals surface area contributed by atoms with Crippen LogP contribution in [0.15, 0.2) is 0 Å². The van der Waals surface area contributed by atoms with Crippen LogP contribution in [0.5, 0.6) is 0 Å². The molecule has 0 aromatic heterocycles. The summed E-state index contributed by atoms with van der Waals surface area (Å²) in [6, 6.07) is 0. The molecule has 2 N–H and O–H groups in total. The van der Waals surface area contributed by atoms with Crippen molar-refractivity contribution in [1.29, 1.82) is 0 Å². The number of nitrogens with one attached hydrogen (secondary N) is 1. The Balaban J connectivity index is 3.30. The van der Waals surface area contributed by atoms with E-state index in [0.717, 1.165) is 39.0 Å². The van der Waals surface area contributed by atoms with Gasteiger partial charge in [0.2, 0.25) is 0 Å². The predicted molar refractivity (Wildman–Crippen MR) is 84.1 cm³/mol. The first-order valence-electron chi connectivity index (χ1n) is 8.14. The van der Waals surface area contributed by atoms with Gasteiger partial charge in [-0.2, -0.15) is 0 Å². The molecule has 4 nitrogen and oxygen atoms in total. The first-order valence-corrected chi connectivity index (χ1v) is 8.14. The highest BCUT2D eigenvalue weighted by molar-refractivity contribution is 4.61. The molecule has 0 aromatic carbocycles. The van der Waals surface area contributed by atoms with Crippen molar-refractivity contribution in [1.82, 2.24) is 5.32 Å². The lowest BCUT2D eigenvalue weighted by molar-refractivity contribution is -0.00856. The highest BCUT2D eigenvalue weighted by atomic mass is 16.5. The summed E-state index contributed by atoms with van der Waals surface area (Å²) in [7, 11) is 0. The van der Waals surface area contributed by atoms with Gasteiger partial charge in [0.25, 0.3) is 0 Å². The third-order valence-corrected chi connectivity index (χ3v) is 3.04. The molecule has 0 fully saturated rings. The summed E-state index contributed by atoms with van der Waals surface area (Å²) in [5.74, 6) is 0.632. The molecule has 4 heteroatoms. The Kier molecular flexibility index (Phi) is 13.7. The van der Waals surface area contributed by atoms with Crippen LogP contribution in [0, 0.1) is 5.92 Å². The minimum absolute atomic E-state index is 0.219. The second-order valence-electron chi connectivity index (χ2n) is 5.95. The Labute approximate surface area is 125 Å². The van der Waals surface area contributed by atoms with Gasteiger partial charge >= 0.3 is 0 Å². The van der Waals surface area contributed by atoms with Gasteiger partial charge in [-0.25, -0.2) is 0 Å². The summed E-state index contributed by atoms with van der Waals surface area (Å²) in [5.41, 5.74) is 0. The zero-order chi connectivity index (χ0) is 15.2. The van der Waals surface area contributed by atoms with Crippen molar-refractivity contribution in [3.05, 3.63) is 0 Å². The van der Waals surface area contributed by atoms with Crippen LogP contribution in [0.2, 0.25) is 0 Å². The molecule has 0 aromatic rings. The van der Waals surface area contributed by atoms with Crippen molar-refractivity contribution < 1.29 is 14.6 Å². The zero-order valence-corrected chi connectivity index (χ0v) is 13.9. The first kappa shape index (κ1) is 19.8. The summed E-state index contributed by atoms with van der Waals surface area (Å²) in [5, 5.41) is 13.0. The quantitative estimate of drug-likeness (QED) is 0.483. The number of aliphatic hydroxyl groups excluding tert-OH is 1. The van der Waals surface area contributed by atoms with Gasteiger partial charge in [0, 0.05) is 19.8 Å². The number of ether oxygens (including phenoxy) is 2. The third-order valence-electron chi connectivity index (χ3n) is 3.04. The Morgan fingerprint density at radius 3 is 2.45 bits per heavy atom. The van der Waals surface area contributed by atoms with E-state index in [0.29, 0.717) is 19.1 Å². The number of hydrogen-bond donors (Lipinski definition) is 2. The van der Waals surface area contributed by atoms with Crippen molar-refractivity contribution in [3.63, 3.8) is 0 Å². The van der Waals surface area contributed by atoms with E-state index in [2.05, 4.69) is 33.0 Å².